The topological polar surface area (TPSA) is 146 Å². The number of aromatic nitrogens is 4. The van der Waals surface area contributed by atoms with Crippen molar-refractivity contribution in [1.82, 2.24) is 24.8 Å². The van der Waals surface area contributed by atoms with Crippen LogP contribution in [0.2, 0.25) is 0 Å². The maximum atomic E-state index is 5.85. The van der Waals surface area contributed by atoms with Gasteiger partial charge in [0.15, 0.2) is 11.5 Å². The van der Waals surface area contributed by atoms with Crippen molar-refractivity contribution in [2.75, 3.05) is 25.4 Å². The van der Waals surface area contributed by atoms with Crippen molar-refractivity contribution >= 4 is 28.8 Å². The van der Waals surface area contributed by atoms with E-state index in [4.69, 9.17) is 17.2 Å². The van der Waals surface area contributed by atoms with Crippen molar-refractivity contribution in [2.45, 2.75) is 13.5 Å². The summed E-state index contributed by atoms with van der Waals surface area (Å²) < 4.78 is 1.89. The molecule has 0 saturated carbocycles. The van der Waals surface area contributed by atoms with Gasteiger partial charge in [0.05, 0.1) is 12.2 Å². The van der Waals surface area contributed by atoms with Crippen molar-refractivity contribution in [1.29, 1.82) is 0 Å². The Kier molecular flexibility index (Phi) is 4.43. The van der Waals surface area contributed by atoms with Crippen LogP contribution in [-0.2, 0) is 6.54 Å². The van der Waals surface area contributed by atoms with Gasteiger partial charge in [0.1, 0.15) is 5.52 Å². The van der Waals surface area contributed by atoms with E-state index in [0.29, 0.717) is 35.9 Å². The third kappa shape index (κ3) is 3.19. The van der Waals surface area contributed by atoms with Crippen LogP contribution in [0.25, 0.3) is 11.2 Å². The lowest BCUT2D eigenvalue weighted by Gasteiger charge is -2.05. The zero-order valence-corrected chi connectivity index (χ0v) is 11.4. The highest BCUT2D eigenvalue weighted by Crippen LogP contribution is 2.19. The number of rotatable bonds is 6. The van der Waals surface area contributed by atoms with Gasteiger partial charge in [-0.2, -0.15) is 15.0 Å². The highest BCUT2D eigenvalue weighted by molar-refractivity contribution is 5.84. The number of nitrogens with two attached hydrogens (primary N) is 3. The largest absolute Gasteiger partial charge is 0.387 e. The van der Waals surface area contributed by atoms with Crippen molar-refractivity contribution in [3.8, 4) is 0 Å². The summed E-state index contributed by atoms with van der Waals surface area (Å²) in [6.45, 7) is 4.51. The maximum absolute atomic E-state index is 5.85. The highest BCUT2D eigenvalue weighted by Gasteiger charge is 2.10. The molecule has 2 rings (SSSR count). The highest BCUT2D eigenvalue weighted by atomic mass is 15.2. The van der Waals surface area contributed by atoms with E-state index in [-0.39, 0.29) is 5.95 Å². The van der Waals surface area contributed by atoms with E-state index >= 15 is 0 Å². The average molecular weight is 277 g/mol. The van der Waals surface area contributed by atoms with Crippen LogP contribution in [0, 0.1) is 0 Å². The zero-order valence-electron chi connectivity index (χ0n) is 11.4. The second-order valence-corrected chi connectivity index (χ2v) is 4.31. The third-order valence-electron chi connectivity index (χ3n) is 2.61. The minimum absolute atomic E-state index is 0.242. The predicted octanol–water partition coefficient (Wildman–Crippen LogP) is -1.03. The number of nitrogens with zero attached hydrogens (tertiary/aromatic N) is 5. The Morgan fingerprint density at radius 1 is 1.40 bits per heavy atom. The molecule has 0 unspecified atom stereocenters. The SMILES string of the molecule is CC(N)=Nc1nc(N)c2ncn(CCNCCN)c2n1. The molecule has 0 aromatic carbocycles. The Bertz CT molecular complexity index is 612. The summed E-state index contributed by atoms with van der Waals surface area (Å²) in [6, 6.07) is 0. The van der Waals surface area contributed by atoms with Gasteiger partial charge in [0, 0.05) is 26.2 Å². The van der Waals surface area contributed by atoms with Crippen LogP contribution in [0.15, 0.2) is 11.3 Å². The molecule has 0 aliphatic carbocycles. The van der Waals surface area contributed by atoms with Gasteiger partial charge in [-0.15, -0.1) is 0 Å². The van der Waals surface area contributed by atoms with Crippen molar-refractivity contribution in [2.24, 2.45) is 16.5 Å². The van der Waals surface area contributed by atoms with Gasteiger partial charge in [-0.25, -0.2) is 4.98 Å². The molecule has 0 fully saturated rings. The molecule has 0 bridgehead atoms. The smallest absolute Gasteiger partial charge is 0.255 e. The van der Waals surface area contributed by atoms with Crippen molar-refractivity contribution < 1.29 is 0 Å². The summed E-state index contributed by atoms with van der Waals surface area (Å²) >= 11 is 0. The number of amidine groups is 1. The van der Waals surface area contributed by atoms with E-state index in [1.54, 1.807) is 13.3 Å². The minimum Gasteiger partial charge on any atom is -0.387 e. The Morgan fingerprint density at radius 3 is 2.90 bits per heavy atom. The molecule has 108 valence electrons. The quantitative estimate of drug-likeness (QED) is 0.300. The summed E-state index contributed by atoms with van der Waals surface area (Å²) in [5, 5.41) is 3.20. The number of anilines is 1. The van der Waals surface area contributed by atoms with Crippen LogP contribution in [-0.4, -0.2) is 45.0 Å². The van der Waals surface area contributed by atoms with E-state index in [1.165, 1.54) is 0 Å². The first kappa shape index (κ1) is 14.2. The molecule has 0 saturated heterocycles. The van der Waals surface area contributed by atoms with Crippen molar-refractivity contribution in [3.05, 3.63) is 6.33 Å². The number of aliphatic imine (C=N–C) groups is 1. The van der Waals surface area contributed by atoms with Crippen molar-refractivity contribution in [3.63, 3.8) is 0 Å². The molecule has 0 atom stereocenters. The first-order valence-electron chi connectivity index (χ1n) is 6.31. The van der Waals surface area contributed by atoms with Crippen LogP contribution < -0.4 is 22.5 Å². The molecular formula is C11H19N9. The summed E-state index contributed by atoms with van der Waals surface area (Å²) in [5.41, 5.74) is 18.0. The lowest BCUT2D eigenvalue weighted by molar-refractivity contribution is 0.609. The Hall–Kier alpha value is -2.26. The third-order valence-corrected chi connectivity index (χ3v) is 2.61. The van der Waals surface area contributed by atoms with Gasteiger partial charge in [-0.1, -0.05) is 0 Å². The number of fused-ring (bicyclic) bond motifs is 1. The Morgan fingerprint density at radius 2 is 2.20 bits per heavy atom. The normalized spacial score (nSPS) is 12.2. The first-order chi connectivity index (χ1) is 9.61. The standard InChI is InChI=1S/C11H19N9/c1-7(13)17-11-18-9(14)8-10(19-11)20(6-16-8)5-4-15-3-2-12/h6,15H,2-5,12H2,1H3,(H4,13,14,17,18,19). The van der Waals surface area contributed by atoms with Gasteiger partial charge in [-0.05, 0) is 6.92 Å². The molecule has 0 aliphatic heterocycles. The van der Waals surface area contributed by atoms with E-state index in [9.17, 15) is 0 Å². The number of nitrogens with one attached hydrogen (secondary N) is 1. The fourth-order valence-corrected chi connectivity index (χ4v) is 1.75. The second-order valence-electron chi connectivity index (χ2n) is 4.31. The fourth-order valence-electron chi connectivity index (χ4n) is 1.75. The van der Waals surface area contributed by atoms with Crippen LogP contribution in [0.1, 0.15) is 6.92 Å². The molecule has 20 heavy (non-hydrogen) atoms. The molecular weight excluding hydrogens is 258 g/mol. The van der Waals surface area contributed by atoms with E-state index in [1.807, 2.05) is 4.57 Å². The van der Waals surface area contributed by atoms with Crippen LogP contribution in [0.3, 0.4) is 0 Å². The fraction of sp³-hybridized carbons (Fsp3) is 0.455. The number of nitrogen functional groups attached to an aromatic ring is 1. The summed E-state index contributed by atoms with van der Waals surface area (Å²) in [5.74, 6) is 0.912. The van der Waals surface area contributed by atoms with E-state index in [2.05, 4.69) is 25.3 Å². The van der Waals surface area contributed by atoms with Gasteiger partial charge in [0.25, 0.3) is 5.95 Å². The summed E-state index contributed by atoms with van der Waals surface area (Å²) in [7, 11) is 0. The molecule has 0 spiro atoms. The molecule has 0 aliphatic rings. The number of imidazole rings is 1. The molecule has 2 aromatic rings. The Balaban J connectivity index is 2.27. The molecule has 2 heterocycles. The lowest BCUT2D eigenvalue weighted by Crippen LogP contribution is -2.25. The molecule has 9 nitrogen and oxygen atoms in total. The summed E-state index contributed by atoms with van der Waals surface area (Å²) in [6.07, 6.45) is 1.68. The van der Waals surface area contributed by atoms with Crippen LogP contribution >= 0.6 is 0 Å². The first-order valence-corrected chi connectivity index (χ1v) is 6.31. The molecule has 7 N–H and O–H groups in total. The lowest BCUT2D eigenvalue weighted by atomic mass is 10.5. The van der Waals surface area contributed by atoms with Gasteiger partial charge in [-0.3, -0.25) is 0 Å². The second kappa shape index (κ2) is 6.26. The number of hydrogen-bond donors (Lipinski definition) is 4. The minimum atomic E-state index is 0.242. The van der Waals surface area contributed by atoms with Gasteiger partial charge < -0.3 is 27.1 Å². The Labute approximate surface area is 116 Å². The molecule has 2 aromatic heterocycles. The maximum Gasteiger partial charge on any atom is 0.255 e. The average Bonchev–Trinajstić information content (AvgIpc) is 2.78. The van der Waals surface area contributed by atoms with E-state index < -0.39 is 0 Å². The zero-order chi connectivity index (χ0) is 14.5. The van der Waals surface area contributed by atoms with Gasteiger partial charge >= 0.3 is 0 Å². The molecule has 0 radical (unpaired) electrons. The van der Waals surface area contributed by atoms with Crippen LogP contribution in [0.5, 0.6) is 0 Å². The van der Waals surface area contributed by atoms with E-state index in [0.717, 1.165) is 13.1 Å². The molecule has 9 heteroatoms. The molecule has 0 amide bonds. The van der Waals surface area contributed by atoms with Crippen LogP contribution in [0.4, 0.5) is 11.8 Å². The number of hydrogen-bond acceptors (Lipinski definition) is 7. The summed E-state index contributed by atoms with van der Waals surface area (Å²) in [4.78, 5) is 16.6. The predicted molar refractivity (Wildman–Crippen MR) is 78.6 cm³/mol. The van der Waals surface area contributed by atoms with Gasteiger partial charge in [0.2, 0.25) is 0 Å². The monoisotopic (exact) mass is 277 g/mol.